The van der Waals surface area contributed by atoms with Crippen molar-refractivity contribution < 1.29 is 13.2 Å². The number of piperidine rings is 1. The van der Waals surface area contributed by atoms with Gasteiger partial charge >= 0.3 is 0 Å². The molecule has 0 spiro atoms. The first-order valence-electron chi connectivity index (χ1n) is 8.51. The third-order valence-corrected chi connectivity index (χ3v) is 6.41. The fourth-order valence-corrected chi connectivity index (χ4v) is 5.15. The average molecular weight is 338 g/mol. The first-order chi connectivity index (χ1) is 11.0. The Labute approximate surface area is 139 Å². The molecule has 1 aromatic carbocycles. The number of nitrogens with one attached hydrogen (secondary N) is 1. The van der Waals surface area contributed by atoms with Crippen LogP contribution in [0.2, 0.25) is 0 Å². The van der Waals surface area contributed by atoms with E-state index in [0.29, 0.717) is 17.5 Å². The average Bonchev–Trinajstić information content (AvgIpc) is 2.92. The fourth-order valence-electron chi connectivity index (χ4n) is 3.76. The Bertz CT molecular complexity index is 660. The number of rotatable bonds is 5. The van der Waals surface area contributed by atoms with E-state index >= 15 is 0 Å². The molecule has 0 radical (unpaired) electrons. The second-order valence-electron chi connectivity index (χ2n) is 6.48. The predicted molar refractivity (Wildman–Crippen MR) is 90.3 cm³/mol. The SMILES string of the molecule is CCOc1ccc(S(=O)(=O)N[C@@H]2CCN3CCCC[C@H]23)cc1C. The lowest BCUT2D eigenvalue weighted by atomic mass is 10.00. The zero-order chi connectivity index (χ0) is 16.4. The summed E-state index contributed by atoms with van der Waals surface area (Å²) >= 11 is 0. The molecule has 2 fully saturated rings. The van der Waals surface area contributed by atoms with Gasteiger partial charge < -0.3 is 4.74 Å². The van der Waals surface area contributed by atoms with E-state index in [9.17, 15) is 8.42 Å². The van der Waals surface area contributed by atoms with Crippen molar-refractivity contribution in [2.75, 3.05) is 19.7 Å². The summed E-state index contributed by atoms with van der Waals surface area (Å²) in [4.78, 5) is 2.76. The molecule has 2 aliphatic rings. The highest BCUT2D eigenvalue weighted by atomic mass is 32.2. The highest BCUT2D eigenvalue weighted by molar-refractivity contribution is 7.89. The standard InChI is InChI=1S/C17H26N2O3S/c1-3-22-17-8-7-14(12-13(17)2)23(20,21)18-15-9-11-19-10-5-4-6-16(15)19/h7-8,12,15-16,18H,3-6,9-11H2,1-2H3/t15-,16-/m1/s1. The lowest BCUT2D eigenvalue weighted by Gasteiger charge is -2.32. The van der Waals surface area contributed by atoms with Crippen LogP contribution in [-0.2, 0) is 10.0 Å². The van der Waals surface area contributed by atoms with Gasteiger partial charge in [-0.1, -0.05) is 6.42 Å². The van der Waals surface area contributed by atoms with Crippen LogP contribution >= 0.6 is 0 Å². The molecule has 3 rings (SSSR count). The Hall–Kier alpha value is -1.11. The van der Waals surface area contributed by atoms with Crippen molar-refractivity contribution in [1.29, 1.82) is 0 Å². The molecule has 5 nitrogen and oxygen atoms in total. The Morgan fingerprint density at radius 3 is 2.83 bits per heavy atom. The summed E-state index contributed by atoms with van der Waals surface area (Å²) in [5.74, 6) is 0.741. The first-order valence-corrected chi connectivity index (χ1v) is 9.99. The smallest absolute Gasteiger partial charge is 0.240 e. The van der Waals surface area contributed by atoms with Crippen LogP contribution < -0.4 is 9.46 Å². The highest BCUT2D eigenvalue weighted by Crippen LogP contribution is 2.29. The Kier molecular flexibility index (Phi) is 4.94. The van der Waals surface area contributed by atoms with E-state index in [-0.39, 0.29) is 6.04 Å². The number of ether oxygens (including phenoxy) is 1. The number of hydrogen-bond donors (Lipinski definition) is 1. The largest absolute Gasteiger partial charge is 0.494 e. The fraction of sp³-hybridized carbons (Fsp3) is 0.647. The maximum Gasteiger partial charge on any atom is 0.240 e. The van der Waals surface area contributed by atoms with Gasteiger partial charge in [-0.05, 0) is 63.4 Å². The Balaban J connectivity index is 1.75. The molecule has 0 saturated carbocycles. The molecule has 1 aromatic rings. The van der Waals surface area contributed by atoms with Crippen molar-refractivity contribution in [3.8, 4) is 5.75 Å². The zero-order valence-corrected chi connectivity index (χ0v) is 14.7. The number of fused-ring (bicyclic) bond motifs is 1. The third-order valence-electron chi connectivity index (χ3n) is 4.92. The molecule has 23 heavy (non-hydrogen) atoms. The van der Waals surface area contributed by atoms with Crippen LogP contribution in [0.15, 0.2) is 23.1 Å². The van der Waals surface area contributed by atoms with E-state index in [1.54, 1.807) is 18.2 Å². The van der Waals surface area contributed by atoms with E-state index < -0.39 is 10.0 Å². The van der Waals surface area contributed by atoms with Crippen LogP contribution in [0.3, 0.4) is 0 Å². The monoisotopic (exact) mass is 338 g/mol. The highest BCUT2D eigenvalue weighted by Gasteiger charge is 2.37. The van der Waals surface area contributed by atoms with Gasteiger partial charge in [0, 0.05) is 18.6 Å². The van der Waals surface area contributed by atoms with Gasteiger partial charge in [-0.3, -0.25) is 4.90 Å². The van der Waals surface area contributed by atoms with Gasteiger partial charge in [0.25, 0.3) is 0 Å². The maximum atomic E-state index is 12.7. The zero-order valence-electron chi connectivity index (χ0n) is 13.9. The number of hydrogen-bond acceptors (Lipinski definition) is 4. The Morgan fingerprint density at radius 1 is 1.26 bits per heavy atom. The summed E-state index contributed by atoms with van der Waals surface area (Å²) in [6.07, 6.45) is 4.42. The van der Waals surface area contributed by atoms with Gasteiger partial charge in [0.05, 0.1) is 11.5 Å². The molecule has 128 valence electrons. The van der Waals surface area contributed by atoms with Crippen LogP contribution in [0.4, 0.5) is 0 Å². The van der Waals surface area contributed by atoms with Crippen LogP contribution in [0.5, 0.6) is 5.75 Å². The summed E-state index contributed by atoms with van der Waals surface area (Å²) in [7, 11) is -3.48. The minimum absolute atomic E-state index is 0.0344. The summed E-state index contributed by atoms with van der Waals surface area (Å²) in [6.45, 7) is 6.47. The number of benzene rings is 1. The molecule has 0 unspecified atom stereocenters. The van der Waals surface area contributed by atoms with Gasteiger partial charge in [0.2, 0.25) is 10.0 Å². The van der Waals surface area contributed by atoms with Crippen LogP contribution in [-0.4, -0.2) is 45.1 Å². The summed E-state index contributed by atoms with van der Waals surface area (Å²) in [5.41, 5.74) is 0.848. The van der Waals surface area contributed by atoms with Gasteiger partial charge in [0.15, 0.2) is 0 Å². The quantitative estimate of drug-likeness (QED) is 0.895. The molecule has 2 saturated heterocycles. The van der Waals surface area contributed by atoms with Crippen molar-refractivity contribution in [2.45, 2.75) is 56.5 Å². The van der Waals surface area contributed by atoms with E-state index in [0.717, 1.165) is 37.2 Å². The second-order valence-corrected chi connectivity index (χ2v) is 8.19. The minimum Gasteiger partial charge on any atom is -0.494 e. The number of nitrogens with zero attached hydrogens (tertiary/aromatic N) is 1. The van der Waals surface area contributed by atoms with Crippen molar-refractivity contribution in [3.63, 3.8) is 0 Å². The topological polar surface area (TPSA) is 58.6 Å². The van der Waals surface area contributed by atoms with Gasteiger partial charge in [-0.25, -0.2) is 13.1 Å². The molecule has 2 aliphatic heterocycles. The van der Waals surface area contributed by atoms with Crippen molar-refractivity contribution in [2.24, 2.45) is 0 Å². The van der Waals surface area contributed by atoms with Crippen LogP contribution in [0.1, 0.15) is 38.2 Å². The third kappa shape index (κ3) is 3.54. The molecular weight excluding hydrogens is 312 g/mol. The number of aryl methyl sites for hydroxylation is 1. The van der Waals surface area contributed by atoms with Crippen LogP contribution in [0, 0.1) is 6.92 Å². The molecule has 2 heterocycles. The minimum atomic E-state index is -3.48. The van der Waals surface area contributed by atoms with Gasteiger partial charge in [0.1, 0.15) is 5.75 Å². The van der Waals surface area contributed by atoms with Crippen LogP contribution in [0.25, 0.3) is 0 Å². The molecule has 0 bridgehead atoms. The number of sulfonamides is 1. The molecule has 0 aliphatic carbocycles. The van der Waals surface area contributed by atoms with E-state index in [1.807, 2.05) is 13.8 Å². The second kappa shape index (κ2) is 6.79. The summed E-state index contributed by atoms with van der Waals surface area (Å²) < 4.78 is 33.9. The normalized spacial score (nSPS) is 25.3. The molecule has 6 heteroatoms. The molecule has 0 aromatic heterocycles. The first kappa shape index (κ1) is 16.7. The van der Waals surface area contributed by atoms with Crippen molar-refractivity contribution in [1.82, 2.24) is 9.62 Å². The molecule has 0 amide bonds. The van der Waals surface area contributed by atoms with E-state index in [1.165, 1.54) is 12.8 Å². The van der Waals surface area contributed by atoms with E-state index in [4.69, 9.17) is 4.74 Å². The van der Waals surface area contributed by atoms with Gasteiger partial charge in [-0.2, -0.15) is 0 Å². The molecule has 1 N–H and O–H groups in total. The Morgan fingerprint density at radius 2 is 2.09 bits per heavy atom. The summed E-state index contributed by atoms with van der Waals surface area (Å²) in [5, 5.41) is 0. The lowest BCUT2D eigenvalue weighted by Crippen LogP contribution is -2.46. The van der Waals surface area contributed by atoms with E-state index in [2.05, 4.69) is 9.62 Å². The van der Waals surface area contributed by atoms with Gasteiger partial charge in [-0.15, -0.1) is 0 Å². The predicted octanol–water partition coefficient (Wildman–Crippen LogP) is 2.30. The van der Waals surface area contributed by atoms with Crippen molar-refractivity contribution >= 4 is 10.0 Å². The summed E-state index contributed by atoms with van der Waals surface area (Å²) in [6, 6.07) is 5.47. The van der Waals surface area contributed by atoms with Crippen molar-refractivity contribution in [3.05, 3.63) is 23.8 Å². The lowest BCUT2D eigenvalue weighted by molar-refractivity contribution is 0.186. The molecular formula is C17H26N2O3S. The maximum absolute atomic E-state index is 12.7. The molecule has 2 atom stereocenters.